The molecule has 0 N–H and O–H groups in total. The number of dihydropyridines is 1. The molecule has 24 rings (SSSR count). The molecule has 0 spiro atoms. The topological polar surface area (TPSA) is 50.5 Å². The van der Waals surface area contributed by atoms with Gasteiger partial charge in [-0.15, -0.1) is 0 Å². The van der Waals surface area contributed by atoms with Crippen LogP contribution < -0.4 is 0 Å². The van der Waals surface area contributed by atoms with E-state index in [-0.39, 0.29) is 0 Å². The van der Waals surface area contributed by atoms with E-state index in [4.69, 9.17) is 4.99 Å². The number of benzene rings is 6. The minimum absolute atomic E-state index is 0.347. The minimum atomic E-state index is 0.347. The van der Waals surface area contributed by atoms with Crippen LogP contribution in [-0.2, 0) is 0 Å². The Balaban J connectivity index is 0.0000000841. The summed E-state index contributed by atoms with van der Waals surface area (Å²) in [7, 11) is 0. The first-order valence-electron chi connectivity index (χ1n) is 35.0. The first kappa shape index (κ1) is 59.9. The Morgan fingerprint density at radius 1 is 0.327 bits per heavy atom. The Morgan fingerprint density at radius 2 is 0.822 bits per heavy atom. The van der Waals surface area contributed by atoms with Gasteiger partial charge < -0.3 is 0 Å². The number of rotatable bonds is 0. The summed E-state index contributed by atoms with van der Waals surface area (Å²) in [4.78, 5) is 18.0. The molecule has 0 saturated carbocycles. The quantitative estimate of drug-likeness (QED) is 0.142. The van der Waals surface area contributed by atoms with Crippen molar-refractivity contribution in [2.75, 3.05) is 0 Å². The molecule has 5 atom stereocenters. The zero-order valence-corrected chi connectivity index (χ0v) is 55.4. The van der Waals surface area contributed by atoms with Gasteiger partial charge in [0.1, 0.15) is 0 Å². The summed E-state index contributed by atoms with van der Waals surface area (Å²) in [6.45, 7) is 4.32. The average Bonchev–Trinajstić information content (AvgIpc) is 0.796. The van der Waals surface area contributed by atoms with E-state index >= 15 is 0 Å². The van der Waals surface area contributed by atoms with Gasteiger partial charge in [0.2, 0.25) is 0 Å². The van der Waals surface area contributed by atoms with E-state index in [2.05, 4.69) is 350 Å². The van der Waals surface area contributed by atoms with E-state index in [1.165, 1.54) is 149 Å². The summed E-state index contributed by atoms with van der Waals surface area (Å²) in [5.41, 5.74) is 32.9. The van der Waals surface area contributed by atoms with E-state index in [0.29, 0.717) is 29.6 Å². The van der Waals surface area contributed by atoms with Gasteiger partial charge in [-0.25, -0.2) is 0 Å². The Morgan fingerprint density at radius 3 is 1.50 bits per heavy atom. The fourth-order valence-corrected chi connectivity index (χ4v) is 16.9. The molecule has 4 nitrogen and oxygen atoms in total. The monoisotopic (exact) mass is 1280 g/mol. The van der Waals surface area contributed by atoms with Crippen molar-refractivity contribution in [3.63, 3.8) is 0 Å². The average molecular weight is 1280 g/mol. The molecule has 6 aromatic carbocycles. The fraction of sp³-hybridized carbons (Fsp3) is 0.0526. The van der Waals surface area contributed by atoms with Crippen molar-refractivity contribution in [1.82, 2.24) is 9.97 Å². The van der Waals surface area contributed by atoms with Crippen molar-refractivity contribution >= 4 is 116 Å². The first-order chi connectivity index (χ1) is 50.1. The van der Waals surface area contributed by atoms with Crippen LogP contribution in [0.3, 0.4) is 0 Å². The zero-order chi connectivity index (χ0) is 66.7. The van der Waals surface area contributed by atoms with Crippen LogP contribution in [0.1, 0.15) is 50.2 Å². The Labute approximate surface area is 590 Å². The maximum absolute atomic E-state index is 4.76. The number of allylic oxidation sites excluding steroid dienone is 40. The van der Waals surface area contributed by atoms with Gasteiger partial charge in [-0.2, -0.15) is 0 Å². The van der Waals surface area contributed by atoms with Crippen LogP contribution >= 0.6 is 0 Å². The van der Waals surface area contributed by atoms with E-state index in [9.17, 15) is 0 Å². The van der Waals surface area contributed by atoms with Gasteiger partial charge in [0.05, 0.1) is 34.6 Å². The van der Waals surface area contributed by atoms with Crippen molar-refractivity contribution in [2.45, 2.75) is 0 Å². The molecule has 5 heterocycles. The normalized spacial score (nSPS) is 21.4. The van der Waals surface area contributed by atoms with Crippen molar-refractivity contribution in [2.24, 2.45) is 39.6 Å². The molecule has 0 fully saturated rings. The van der Waals surface area contributed by atoms with Crippen molar-refractivity contribution < 1.29 is 0 Å². The molecule has 3 aromatic heterocycles. The van der Waals surface area contributed by atoms with Crippen LogP contribution in [0.5, 0.6) is 0 Å². The van der Waals surface area contributed by atoms with Crippen LogP contribution in [0, 0.1) is 29.6 Å². The molecular formula is C95H64B2N4. The molecular weight excluding hydrogens is 1220 g/mol. The number of nitrogens with zero attached hydrogens (tertiary/aromatic N) is 4. The summed E-state index contributed by atoms with van der Waals surface area (Å²) < 4.78 is 0. The molecule has 13 aliphatic carbocycles. The van der Waals surface area contributed by atoms with Gasteiger partial charge in [0, 0.05) is 59.2 Å². The summed E-state index contributed by atoms with van der Waals surface area (Å²) in [6.07, 6.45) is 77.6. The van der Waals surface area contributed by atoms with Crippen molar-refractivity contribution in [3.05, 3.63) is 429 Å². The second kappa shape index (κ2) is 25.5. The third-order valence-corrected chi connectivity index (χ3v) is 21.4. The van der Waals surface area contributed by atoms with Gasteiger partial charge in [-0.05, 0) is 149 Å². The molecule has 9 aromatic rings. The SMILES string of the molecule is C1=CC2=CC=CC3=Cc4ccccc4C(=C1)C23.C1=CC2=CC=CC3=Cc4cnccc4C(=C1)C23.C1=CC2=CC=CC3=Cc4ncccc4C(=C1)C23.C1=CC2=CC=CC3=Nc4ccccc4C(=C1)C23.C1=CC2=CC=NC3=Cc4ccccc4C(=C1)C23.b1bc2ccc3cccc4ccc(c1)c2c34. The molecule has 2 aliphatic heterocycles. The van der Waals surface area contributed by atoms with E-state index in [0.717, 1.165) is 22.8 Å². The zero-order valence-electron chi connectivity index (χ0n) is 55.4. The van der Waals surface area contributed by atoms with Crippen LogP contribution in [-0.4, -0.2) is 35.5 Å². The standard InChI is InChI=1S/C17H12.4C16H11N.C14H8B2/c1-2-9-15-13(5-1)11-14-8-3-6-12-7-4-10-16(15)17(12)14;1-4-11-5-2-7-14-13-8-3-9-17-15(13)10-12(6-1)16(11)14;1-3-11-4-2-6-15-14-7-8-17-10-13(14)9-12(5-1)16(11)15;1-2-9-14-12(7-1)13-8-3-5-11-6-4-10-15(17-14)16(11)13;1-2-6-13-12(4-1)10-15-16-11(8-9-17-15)5-3-7-14(13)16;1-2-9-4-5-11-8-15-16-12-7-6-10(3-1)13(9)14(11)12/h1-11,17H;4*1-10,16H;1-8H. The van der Waals surface area contributed by atoms with Crippen LogP contribution in [0.2, 0.25) is 0 Å². The maximum atomic E-state index is 4.76. The van der Waals surface area contributed by atoms with Crippen molar-refractivity contribution in [1.29, 1.82) is 0 Å². The fourth-order valence-electron chi connectivity index (χ4n) is 16.9. The molecule has 5 unspecified atom stereocenters. The Hall–Kier alpha value is -12.4. The Bertz CT molecular complexity index is 5140. The van der Waals surface area contributed by atoms with Crippen LogP contribution in [0.4, 0.5) is 5.69 Å². The number of pyridine rings is 2. The molecule has 15 aliphatic rings. The summed E-state index contributed by atoms with van der Waals surface area (Å²) in [5, 5.41) is 8.14. The van der Waals surface area contributed by atoms with E-state index < -0.39 is 0 Å². The molecule has 0 saturated heterocycles. The number of hydrogen-bond acceptors (Lipinski definition) is 4. The predicted molar refractivity (Wildman–Crippen MR) is 428 cm³/mol. The van der Waals surface area contributed by atoms with Crippen molar-refractivity contribution in [3.8, 4) is 0 Å². The number of aliphatic imine (C=N–C) groups is 2. The predicted octanol–water partition coefficient (Wildman–Crippen LogP) is 22.0. The van der Waals surface area contributed by atoms with Gasteiger partial charge in [0.25, 0.3) is 0 Å². The van der Waals surface area contributed by atoms with Gasteiger partial charge in [-0.3, -0.25) is 20.0 Å². The first-order valence-corrected chi connectivity index (χ1v) is 35.0. The van der Waals surface area contributed by atoms with E-state index in [1.54, 1.807) is 0 Å². The molecule has 0 amide bonds. The number of hydrogen-bond donors (Lipinski definition) is 0. The number of aromatic nitrogens is 2. The summed E-state index contributed by atoms with van der Waals surface area (Å²) in [6, 6.07) is 47.2. The third kappa shape index (κ3) is 10.7. The second-order valence-corrected chi connectivity index (χ2v) is 27.0. The second-order valence-electron chi connectivity index (χ2n) is 27.0. The van der Waals surface area contributed by atoms with Crippen LogP contribution in [0.25, 0.3) is 84.4 Å². The molecule has 101 heavy (non-hydrogen) atoms. The molecule has 470 valence electrons. The van der Waals surface area contributed by atoms with Gasteiger partial charge in [-0.1, -0.05) is 237 Å². The molecule has 6 heteroatoms. The number of para-hydroxylation sites is 1. The molecule has 0 radical (unpaired) electrons. The number of fused-ring (bicyclic) bond motifs is 10. The third-order valence-electron chi connectivity index (χ3n) is 21.4. The molecule has 0 bridgehead atoms. The summed E-state index contributed by atoms with van der Waals surface area (Å²) >= 11 is 0. The van der Waals surface area contributed by atoms with Gasteiger partial charge in [0.15, 0.2) is 0 Å². The Kier molecular flexibility index (Phi) is 15.1. The van der Waals surface area contributed by atoms with Crippen LogP contribution in [0.15, 0.2) is 388 Å². The summed E-state index contributed by atoms with van der Waals surface area (Å²) in [5.74, 6) is 4.19. The van der Waals surface area contributed by atoms with E-state index in [1.807, 2.05) is 36.9 Å². The van der Waals surface area contributed by atoms with Gasteiger partial charge >= 0.3 is 94.2 Å².